The molecule has 2 aliphatic rings. The second kappa shape index (κ2) is 4.66. The van der Waals surface area contributed by atoms with Crippen LogP contribution < -0.4 is 5.32 Å². The molecule has 0 bridgehead atoms. The van der Waals surface area contributed by atoms with E-state index in [1.807, 2.05) is 0 Å². The maximum absolute atomic E-state index is 3.59. The van der Waals surface area contributed by atoms with Gasteiger partial charge in [-0.2, -0.15) is 0 Å². The quantitative estimate of drug-likeness (QED) is 0.789. The molecule has 2 fully saturated rings. The molecular weight excluding hydrogens is 196 g/mol. The van der Waals surface area contributed by atoms with Gasteiger partial charge in [-0.3, -0.25) is 0 Å². The third-order valence-corrected chi connectivity index (χ3v) is 4.68. The van der Waals surface area contributed by atoms with Gasteiger partial charge in [0.15, 0.2) is 0 Å². The summed E-state index contributed by atoms with van der Waals surface area (Å²) in [6, 6.07) is 1.54. The molecule has 0 radical (unpaired) electrons. The van der Waals surface area contributed by atoms with E-state index in [9.17, 15) is 0 Å². The zero-order valence-corrected chi connectivity index (χ0v) is 11.4. The first-order valence-electron chi connectivity index (χ1n) is 7.00. The van der Waals surface area contributed by atoms with Crippen LogP contribution in [-0.2, 0) is 0 Å². The van der Waals surface area contributed by atoms with Gasteiger partial charge in [-0.1, -0.05) is 20.8 Å². The Kier molecular flexibility index (Phi) is 3.60. The normalized spacial score (nSPS) is 38.6. The molecular formula is C14H28N2. The lowest BCUT2D eigenvalue weighted by atomic mass is 9.97. The predicted octanol–water partition coefficient (Wildman–Crippen LogP) is 2.49. The van der Waals surface area contributed by atoms with E-state index >= 15 is 0 Å². The number of hydrogen-bond acceptors (Lipinski definition) is 2. The molecule has 2 heteroatoms. The number of nitrogens with one attached hydrogen (secondary N) is 1. The van der Waals surface area contributed by atoms with E-state index in [1.165, 1.54) is 32.4 Å². The van der Waals surface area contributed by atoms with E-state index < -0.39 is 0 Å². The summed E-state index contributed by atoms with van der Waals surface area (Å²) in [7, 11) is 0. The summed E-state index contributed by atoms with van der Waals surface area (Å²) in [6.45, 7) is 13.2. The summed E-state index contributed by atoms with van der Waals surface area (Å²) in [4.78, 5) is 2.72. The van der Waals surface area contributed by atoms with E-state index in [2.05, 4.69) is 37.9 Å². The van der Waals surface area contributed by atoms with E-state index in [-0.39, 0.29) is 0 Å². The van der Waals surface area contributed by atoms with Crippen molar-refractivity contribution in [2.45, 2.75) is 59.0 Å². The van der Waals surface area contributed by atoms with Gasteiger partial charge in [-0.15, -0.1) is 0 Å². The molecule has 1 heterocycles. The standard InChI is InChI=1S/C14H28N2/c1-5-15-13-6-7-16(11(2)8-13)10-12-9-14(12,3)4/h11-13,15H,5-10H2,1-4H3. The highest BCUT2D eigenvalue weighted by Gasteiger charge is 2.46. The van der Waals surface area contributed by atoms with Crippen LogP contribution in [0.3, 0.4) is 0 Å². The fraction of sp³-hybridized carbons (Fsp3) is 1.00. The molecule has 3 atom stereocenters. The van der Waals surface area contributed by atoms with Crippen molar-refractivity contribution in [2.24, 2.45) is 11.3 Å². The molecule has 2 nitrogen and oxygen atoms in total. The van der Waals surface area contributed by atoms with Crippen LogP contribution in [0.2, 0.25) is 0 Å². The van der Waals surface area contributed by atoms with Gasteiger partial charge in [-0.05, 0) is 50.6 Å². The Morgan fingerprint density at radius 1 is 1.38 bits per heavy atom. The fourth-order valence-corrected chi connectivity index (χ4v) is 3.14. The fourth-order valence-electron chi connectivity index (χ4n) is 3.14. The second-order valence-electron chi connectivity index (χ2n) is 6.51. The zero-order valence-electron chi connectivity index (χ0n) is 11.4. The lowest BCUT2D eigenvalue weighted by Crippen LogP contribution is -2.48. The van der Waals surface area contributed by atoms with Gasteiger partial charge in [0.25, 0.3) is 0 Å². The Bertz CT molecular complexity index is 237. The van der Waals surface area contributed by atoms with Crippen LogP contribution in [0.1, 0.15) is 47.0 Å². The SMILES string of the molecule is CCNC1CCN(CC2CC2(C)C)C(C)C1. The minimum atomic E-state index is 0.637. The maximum atomic E-state index is 3.59. The number of likely N-dealkylation sites (tertiary alicyclic amines) is 1. The third-order valence-electron chi connectivity index (χ3n) is 4.68. The summed E-state index contributed by atoms with van der Waals surface area (Å²) in [5, 5.41) is 3.59. The van der Waals surface area contributed by atoms with Crippen LogP contribution in [0.25, 0.3) is 0 Å². The number of rotatable bonds is 4. The van der Waals surface area contributed by atoms with Gasteiger partial charge in [-0.25, -0.2) is 0 Å². The van der Waals surface area contributed by atoms with Gasteiger partial charge in [0, 0.05) is 18.6 Å². The Hall–Kier alpha value is -0.0800. The first kappa shape index (κ1) is 12.4. The van der Waals surface area contributed by atoms with Crippen LogP contribution in [0.15, 0.2) is 0 Å². The molecule has 0 aromatic rings. The van der Waals surface area contributed by atoms with Crippen molar-refractivity contribution < 1.29 is 0 Å². The highest BCUT2D eigenvalue weighted by atomic mass is 15.2. The van der Waals surface area contributed by atoms with Crippen molar-refractivity contribution in [1.82, 2.24) is 10.2 Å². The van der Waals surface area contributed by atoms with E-state index in [0.29, 0.717) is 5.41 Å². The van der Waals surface area contributed by atoms with E-state index in [4.69, 9.17) is 0 Å². The van der Waals surface area contributed by atoms with Gasteiger partial charge in [0.2, 0.25) is 0 Å². The molecule has 0 aromatic carbocycles. The minimum absolute atomic E-state index is 0.637. The van der Waals surface area contributed by atoms with Crippen molar-refractivity contribution in [2.75, 3.05) is 19.6 Å². The van der Waals surface area contributed by atoms with E-state index in [0.717, 1.165) is 24.5 Å². The van der Waals surface area contributed by atoms with E-state index in [1.54, 1.807) is 0 Å². The highest BCUT2D eigenvalue weighted by Crippen LogP contribution is 2.52. The maximum Gasteiger partial charge on any atom is 0.00939 e. The zero-order chi connectivity index (χ0) is 11.8. The third kappa shape index (κ3) is 2.78. The topological polar surface area (TPSA) is 15.3 Å². The number of nitrogens with zero attached hydrogens (tertiary/aromatic N) is 1. The van der Waals surface area contributed by atoms with Crippen LogP contribution in [0.5, 0.6) is 0 Å². The predicted molar refractivity (Wildman–Crippen MR) is 69.6 cm³/mol. The minimum Gasteiger partial charge on any atom is -0.314 e. The largest absolute Gasteiger partial charge is 0.314 e. The lowest BCUT2D eigenvalue weighted by Gasteiger charge is -2.38. The molecule has 0 spiro atoms. The Balaban J connectivity index is 1.76. The van der Waals surface area contributed by atoms with Gasteiger partial charge in [0.05, 0.1) is 0 Å². The molecule has 0 aromatic heterocycles. The molecule has 1 aliphatic heterocycles. The summed E-state index contributed by atoms with van der Waals surface area (Å²) < 4.78 is 0. The van der Waals surface area contributed by atoms with Crippen molar-refractivity contribution in [3.05, 3.63) is 0 Å². The highest BCUT2D eigenvalue weighted by molar-refractivity contribution is 4.98. The second-order valence-corrected chi connectivity index (χ2v) is 6.51. The molecule has 1 saturated carbocycles. The molecule has 94 valence electrons. The smallest absolute Gasteiger partial charge is 0.00939 e. The summed E-state index contributed by atoms with van der Waals surface area (Å²) in [5.41, 5.74) is 0.637. The van der Waals surface area contributed by atoms with Crippen LogP contribution >= 0.6 is 0 Å². The molecule has 16 heavy (non-hydrogen) atoms. The van der Waals surface area contributed by atoms with Crippen molar-refractivity contribution >= 4 is 0 Å². The Morgan fingerprint density at radius 2 is 2.06 bits per heavy atom. The average molecular weight is 224 g/mol. The molecule has 3 unspecified atom stereocenters. The summed E-state index contributed by atoms with van der Waals surface area (Å²) in [6.07, 6.45) is 4.11. The summed E-state index contributed by atoms with van der Waals surface area (Å²) in [5.74, 6) is 0.964. The van der Waals surface area contributed by atoms with Crippen molar-refractivity contribution in [1.29, 1.82) is 0 Å². The van der Waals surface area contributed by atoms with Crippen LogP contribution in [-0.4, -0.2) is 36.6 Å². The molecule has 1 saturated heterocycles. The average Bonchev–Trinajstić information content (AvgIpc) is 2.79. The Labute approximate surface area is 101 Å². The van der Waals surface area contributed by atoms with Gasteiger partial charge >= 0.3 is 0 Å². The molecule has 0 amide bonds. The van der Waals surface area contributed by atoms with Crippen molar-refractivity contribution in [3.63, 3.8) is 0 Å². The molecule has 1 aliphatic carbocycles. The van der Waals surface area contributed by atoms with Gasteiger partial charge in [0.1, 0.15) is 0 Å². The van der Waals surface area contributed by atoms with Crippen LogP contribution in [0.4, 0.5) is 0 Å². The first-order chi connectivity index (χ1) is 7.53. The van der Waals surface area contributed by atoms with Crippen LogP contribution in [0, 0.1) is 11.3 Å². The summed E-state index contributed by atoms with van der Waals surface area (Å²) >= 11 is 0. The monoisotopic (exact) mass is 224 g/mol. The number of piperidine rings is 1. The van der Waals surface area contributed by atoms with Crippen molar-refractivity contribution in [3.8, 4) is 0 Å². The molecule has 2 rings (SSSR count). The first-order valence-corrected chi connectivity index (χ1v) is 7.00. The number of hydrogen-bond donors (Lipinski definition) is 1. The Morgan fingerprint density at radius 3 is 2.56 bits per heavy atom. The lowest BCUT2D eigenvalue weighted by molar-refractivity contribution is 0.126. The molecule has 1 N–H and O–H groups in total. The van der Waals surface area contributed by atoms with Gasteiger partial charge < -0.3 is 10.2 Å².